The summed E-state index contributed by atoms with van der Waals surface area (Å²) in [7, 11) is 0. The van der Waals surface area contributed by atoms with Gasteiger partial charge >= 0.3 is 6.09 Å². The van der Waals surface area contributed by atoms with E-state index in [0.717, 1.165) is 11.4 Å². The molecular formula is C24H33ClN4O3. The minimum atomic E-state index is -0.530. The normalized spacial score (nSPS) is 15.5. The number of nitrogens with zero attached hydrogens (tertiary/aromatic N) is 3. The van der Waals surface area contributed by atoms with E-state index < -0.39 is 5.60 Å². The van der Waals surface area contributed by atoms with Crippen molar-refractivity contribution < 1.29 is 14.3 Å². The SMILES string of the molecule is CC(C)(C)NC(=O)c1cnn(-c2cccc(Cl)c2)c1C1CCN(C(=O)OC(C)(C)C)CC1. The summed E-state index contributed by atoms with van der Waals surface area (Å²) < 4.78 is 7.32. The number of hydrogen-bond acceptors (Lipinski definition) is 4. The van der Waals surface area contributed by atoms with Crippen LogP contribution in [0, 0.1) is 0 Å². The number of benzene rings is 1. The highest BCUT2D eigenvalue weighted by Crippen LogP contribution is 2.33. The molecule has 32 heavy (non-hydrogen) atoms. The Morgan fingerprint density at radius 3 is 2.34 bits per heavy atom. The highest BCUT2D eigenvalue weighted by molar-refractivity contribution is 6.30. The first kappa shape index (κ1) is 24.1. The lowest BCUT2D eigenvalue weighted by Crippen LogP contribution is -2.42. The molecule has 2 amide bonds. The van der Waals surface area contributed by atoms with Crippen molar-refractivity contribution in [2.75, 3.05) is 13.1 Å². The summed E-state index contributed by atoms with van der Waals surface area (Å²) in [6.07, 6.45) is 2.74. The van der Waals surface area contributed by atoms with E-state index in [1.807, 2.05) is 59.7 Å². The van der Waals surface area contributed by atoms with Crippen LogP contribution in [0.1, 0.15) is 76.4 Å². The maximum absolute atomic E-state index is 13.1. The number of amides is 2. The van der Waals surface area contributed by atoms with Gasteiger partial charge in [0, 0.05) is 29.6 Å². The third-order valence-corrected chi connectivity index (χ3v) is 5.36. The van der Waals surface area contributed by atoms with E-state index in [-0.39, 0.29) is 23.5 Å². The van der Waals surface area contributed by atoms with Crippen LogP contribution in [-0.4, -0.2) is 50.9 Å². The molecule has 7 nitrogen and oxygen atoms in total. The molecule has 3 rings (SSSR count). The number of hydrogen-bond donors (Lipinski definition) is 1. The molecule has 1 N–H and O–H groups in total. The van der Waals surface area contributed by atoms with Crippen LogP contribution in [0.4, 0.5) is 4.79 Å². The molecule has 2 aromatic rings. The Bertz CT molecular complexity index is 980. The number of aromatic nitrogens is 2. The van der Waals surface area contributed by atoms with E-state index in [2.05, 4.69) is 10.4 Å². The topological polar surface area (TPSA) is 76.5 Å². The maximum Gasteiger partial charge on any atom is 0.410 e. The minimum absolute atomic E-state index is 0.0656. The second-order valence-electron chi connectivity index (χ2n) is 10.3. The van der Waals surface area contributed by atoms with Crippen LogP contribution in [-0.2, 0) is 4.74 Å². The average molecular weight is 461 g/mol. The van der Waals surface area contributed by atoms with Gasteiger partial charge in [-0.15, -0.1) is 0 Å². The number of likely N-dealkylation sites (tertiary alicyclic amines) is 1. The molecule has 1 aromatic heterocycles. The number of ether oxygens (including phenoxy) is 1. The largest absolute Gasteiger partial charge is 0.444 e. The van der Waals surface area contributed by atoms with Gasteiger partial charge in [-0.2, -0.15) is 5.10 Å². The van der Waals surface area contributed by atoms with Gasteiger partial charge < -0.3 is 15.0 Å². The minimum Gasteiger partial charge on any atom is -0.444 e. The van der Waals surface area contributed by atoms with Crippen molar-refractivity contribution >= 4 is 23.6 Å². The van der Waals surface area contributed by atoms with Crippen molar-refractivity contribution in [1.29, 1.82) is 0 Å². The first-order valence-electron chi connectivity index (χ1n) is 11.0. The summed E-state index contributed by atoms with van der Waals surface area (Å²) in [4.78, 5) is 27.3. The third kappa shape index (κ3) is 6.03. The fraction of sp³-hybridized carbons (Fsp3) is 0.542. The lowest BCUT2D eigenvalue weighted by atomic mass is 9.90. The fourth-order valence-electron chi connectivity index (χ4n) is 3.81. The molecule has 0 spiro atoms. The lowest BCUT2D eigenvalue weighted by Gasteiger charge is -2.34. The zero-order valence-corrected chi connectivity index (χ0v) is 20.5. The van der Waals surface area contributed by atoms with Gasteiger partial charge in [0.25, 0.3) is 5.91 Å². The molecule has 0 aliphatic carbocycles. The molecule has 174 valence electrons. The Morgan fingerprint density at radius 2 is 1.78 bits per heavy atom. The van der Waals surface area contributed by atoms with Gasteiger partial charge in [-0.25, -0.2) is 9.48 Å². The van der Waals surface area contributed by atoms with Gasteiger partial charge in [0.05, 0.1) is 23.1 Å². The number of nitrogens with one attached hydrogen (secondary N) is 1. The van der Waals surface area contributed by atoms with E-state index in [0.29, 0.717) is 36.5 Å². The number of carbonyl (C=O) groups excluding carboxylic acids is 2. The van der Waals surface area contributed by atoms with Gasteiger partial charge in [-0.05, 0) is 72.6 Å². The van der Waals surface area contributed by atoms with E-state index in [1.54, 1.807) is 21.8 Å². The van der Waals surface area contributed by atoms with Crippen molar-refractivity contribution in [1.82, 2.24) is 20.0 Å². The van der Waals surface area contributed by atoms with Crippen LogP contribution in [0.2, 0.25) is 5.02 Å². The van der Waals surface area contributed by atoms with E-state index in [4.69, 9.17) is 16.3 Å². The summed E-state index contributed by atoms with van der Waals surface area (Å²) >= 11 is 6.22. The van der Waals surface area contributed by atoms with Gasteiger partial charge in [0.1, 0.15) is 5.60 Å². The van der Waals surface area contributed by atoms with Gasteiger partial charge in [-0.3, -0.25) is 4.79 Å². The summed E-state index contributed by atoms with van der Waals surface area (Å²) in [5, 5.41) is 8.19. The molecule has 0 atom stereocenters. The second-order valence-corrected chi connectivity index (χ2v) is 10.7. The number of piperidine rings is 1. The Hall–Kier alpha value is -2.54. The predicted octanol–water partition coefficient (Wildman–Crippen LogP) is 5.17. The summed E-state index contributed by atoms with van der Waals surface area (Å²) in [5.74, 6) is -0.0914. The van der Waals surface area contributed by atoms with Gasteiger partial charge in [0.15, 0.2) is 0 Å². The van der Waals surface area contributed by atoms with Crippen LogP contribution in [0.15, 0.2) is 30.5 Å². The average Bonchev–Trinajstić information content (AvgIpc) is 3.11. The molecule has 1 aliphatic heterocycles. The van der Waals surface area contributed by atoms with E-state index >= 15 is 0 Å². The molecule has 1 aromatic carbocycles. The molecule has 8 heteroatoms. The smallest absolute Gasteiger partial charge is 0.410 e. The molecule has 1 fully saturated rings. The van der Waals surface area contributed by atoms with Crippen LogP contribution in [0.25, 0.3) is 5.69 Å². The maximum atomic E-state index is 13.1. The van der Waals surface area contributed by atoms with Gasteiger partial charge in [0.2, 0.25) is 0 Å². The van der Waals surface area contributed by atoms with E-state index in [9.17, 15) is 9.59 Å². The van der Waals surface area contributed by atoms with Crippen LogP contribution in [0.3, 0.4) is 0 Å². The predicted molar refractivity (Wildman–Crippen MR) is 126 cm³/mol. The third-order valence-electron chi connectivity index (χ3n) is 5.13. The molecule has 1 aliphatic rings. The standard InChI is InChI=1S/C24H33ClN4O3/c1-23(2,3)27-21(30)19-15-26-29(18-9-7-8-17(25)14-18)20(19)16-10-12-28(13-11-16)22(31)32-24(4,5)6/h7-9,14-16H,10-13H2,1-6H3,(H,27,30). The van der Waals surface area contributed by atoms with Crippen LogP contribution in [0.5, 0.6) is 0 Å². The summed E-state index contributed by atoms with van der Waals surface area (Å²) in [6.45, 7) is 12.5. The van der Waals surface area contributed by atoms with Crippen molar-refractivity contribution in [3.8, 4) is 5.69 Å². The van der Waals surface area contributed by atoms with Crippen molar-refractivity contribution in [2.24, 2.45) is 0 Å². The van der Waals surface area contributed by atoms with Crippen LogP contribution >= 0.6 is 11.6 Å². The second kappa shape index (κ2) is 9.14. The molecule has 0 radical (unpaired) electrons. The number of carbonyl (C=O) groups is 2. The van der Waals surface area contributed by atoms with Gasteiger partial charge in [-0.1, -0.05) is 17.7 Å². The molecular weight excluding hydrogens is 428 g/mol. The summed E-state index contributed by atoms with van der Waals surface area (Å²) in [6, 6.07) is 7.42. The zero-order valence-electron chi connectivity index (χ0n) is 19.7. The first-order chi connectivity index (χ1) is 14.8. The van der Waals surface area contributed by atoms with E-state index in [1.165, 1.54) is 0 Å². The molecule has 1 saturated heterocycles. The Balaban J connectivity index is 1.89. The monoisotopic (exact) mass is 460 g/mol. The molecule has 0 unspecified atom stereocenters. The zero-order chi connectivity index (χ0) is 23.7. The summed E-state index contributed by atoms with van der Waals surface area (Å²) in [5.41, 5.74) is 1.30. The fourth-order valence-corrected chi connectivity index (χ4v) is 3.99. The molecule has 0 bridgehead atoms. The van der Waals surface area contributed by atoms with Crippen molar-refractivity contribution in [3.05, 3.63) is 46.7 Å². The molecule has 2 heterocycles. The molecule has 0 saturated carbocycles. The Kier molecular flexibility index (Phi) is 6.89. The Morgan fingerprint density at radius 1 is 1.12 bits per heavy atom. The number of rotatable bonds is 3. The first-order valence-corrected chi connectivity index (χ1v) is 11.4. The van der Waals surface area contributed by atoms with Crippen molar-refractivity contribution in [2.45, 2.75) is 71.4 Å². The quantitative estimate of drug-likeness (QED) is 0.685. The number of halogens is 1. The Labute approximate surface area is 195 Å². The highest BCUT2D eigenvalue weighted by Gasteiger charge is 2.32. The van der Waals surface area contributed by atoms with Crippen molar-refractivity contribution in [3.63, 3.8) is 0 Å². The lowest BCUT2D eigenvalue weighted by molar-refractivity contribution is 0.0203. The van der Waals surface area contributed by atoms with Crippen LogP contribution < -0.4 is 5.32 Å². The highest BCUT2D eigenvalue weighted by atomic mass is 35.5.